The average molecular weight is 599 g/mol. The van der Waals surface area contributed by atoms with E-state index in [0.717, 1.165) is 24.8 Å². The van der Waals surface area contributed by atoms with Crippen LogP contribution < -0.4 is 14.2 Å². The first kappa shape index (κ1) is 30.4. The number of hydrogen-bond donors (Lipinski definition) is 1. The Morgan fingerprint density at radius 1 is 1.00 bits per heavy atom. The predicted octanol–water partition coefficient (Wildman–Crippen LogP) is 8.52. The maximum Gasteiger partial charge on any atom is 0.337 e. The molecule has 6 nitrogen and oxygen atoms in total. The summed E-state index contributed by atoms with van der Waals surface area (Å²) in [6.07, 6.45) is 2.37. The van der Waals surface area contributed by atoms with Crippen molar-refractivity contribution in [3.63, 3.8) is 0 Å². The van der Waals surface area contributed by atoms with Gasteiger partial charge in [0, 0.05) is 29.5 Å². The van der Waals surface area contributed by atoms with Crippen molar-refractivity contribution in [1.82, 2.24) is 0 Å². The smallest absolute Gasteiger partial charge is 0.337 e. The zero-order chi connectivity index (χ0) is 31.3. The highest BCUT2D eigenvalue weighted by Gasteiger charge is 2.51. The molecule has 6 atom stereocenters. The van der Waals surface area contributed by atoms with Crippen molar-refractivity contribution < 1.29 is 28.8 Å². The lowest BCUT2D eigenvalue weighted by molar-refractivity contribution is -0.152. The molecule has 0 aromatic heterocycles. The van der Waals surface area contributed by atoms with Gasteiger partial charge in [-0.1, -0.05) is 83.5 Å². The van der Waals surface area contributed by atoms with Gasteiger partial charge in [-0.05, 0) is 58.8 Å². The van der Waals surface area contributed by atoms with Gasteiger partial charge >= 0.3 is 5.97 Å². The molecule has 1 fully saturated rings. The number of ether oxygens (including phenoxy) is 4. The number of aliphatic hydroxyl groups is 1. The third kappa shape index (κ3) is 5.20. The molecule has 234 valence electrons. The van der Waals surface area contributed by atoms with E-state index in [4.69, 9.17) is 18.9 Å². The summed E-state index contributed by atoms with van der Waals surface area (Å²) in [5.41, 5.74) is 2.30. The number of fused-ring (bicyclic) bond motifs is 4. The Labute approximate surface area is 261 Å². The van der Waals surface area contributed by atoms with Crippen molar-refractivity contribution in [3.05, 3.63) is 77.1 Å². The average Bonchev–Trinajstić information content (AvgIpc) is 3.40. The van der Waals surface area contributed by atoms with Gasteiger partial charge in [0.25, 0.3) is 0 Å². The summed E-state index contributed by atoms with van der Waals surface area (Å²) in [6.45, 7) is 11.1. The molecule has 6 rings (SSSR count). The summed E-state index contributed by atoms with van der Waals surface area (Å²) >= 11 is 0. The van der Waals surface area contributed by atoms with Crippen LogP contribution in [-0.4, -0.2) is 37.5 Å². The van der Waals surface area contributed by atoms with Crippen LogP contribution in [0.2, 0.25) is 0 Å². The van der Waals surface area contributed by atoms with E-state index in [-0.39, 0.29) is 40.9 Å². The minimum absolute atomic E-state index is 0.0247. The standard InChI is InChI=1S/C38H46O6/c1-21(2)27-20-28(35(39)36-33(27)34-31(42-7)18-26(41-6)19-32(34)43-36)37(40)44-30-16-22(3)12-15-29(30)38(4,5)25-14-13-23-10-8-9-11-24(23)17-25/h8-11,13-14,17-19,21-22,27,29-30,33,36,39H,12,15-16,20H2,1-7H3/t22-,27-,29-,30-,33+,36-/m1/s1. The normalized spacial score (nSPS) is 26.6. The number of carbonyl (C=O) groups is 1. The number of hydrogen-bond acceptors (Lipinski definition) is 6. The number of aliphatic hydroxyl groups excluding tert-OH is 1. The summed E-state index contributed by atoms with van der Waals surface area (Å²) in [7, 11) is 3.24. The quantitative estimate of drug-likeness (QED) is 0.275. The molecule has 2 aliphatic carbocycles. The van der Waals surface area contributed by atoms with Crippen LogP contribution in [0.5, 0.6) is 17.2 Å². The van der Waals surface area contributed by atoms with Crippen molar-refractivity contribution in [2.45, 2.75) is 83.8 Å². The Balaban J connectivity index is 1.31. The fraction of sp³-hybridized carbons (Fsp3) is 0.500. The summed E-state index contributed by atoms with van der Waals surface area (Å²) in [4.78, 5) is 14.1. The summed E-state index contributed by atoms with van der Waals surface area (Å²) in [5.74, 6) is 2.21. The molecule has 3 aromatic rings. The summed E-state index contributed by atoms with van der Waals surface area (Å²) < 4.78 is 24.0. The fourth-order valence-electron chi connectivity index (χ4n) is 8.09. The molecule has 0 amide bonds. The minimum atomic E-state index is -0.676. The first-order chi connectivity index (χ1) is 21.0. The molecule has 1 N–H and O–H groups in total. The Hall–Kier alpha value is -3.67. The zero-order valence-electron chi connectivity index (χ0n) is 27.1. The van der Waals surface area contributed by atoms with Crippen molar-refractivity contribution >= 4 is 16.7 Å². The first-order valence-corrected chi connectivity index (χ1v) is 16.1. The van der Waals surface area contributed by atoms with Crippen molar-refractivity contribution in [3.8, 4) is 17.2 Å². The molecular weight excluding hydrogens is 552 g/mol. The highest BCUT2D eigenvalue weighted by Crippen LogP contribution is 2.56. The molecule has 0 unspecified atom stereocenters. The molecule has 0 saturated heterocycles. The Bertz CT molecular complexity index is 1590. The van der Waals surface area contributed by atoms with Crippen LogP contribution in [0.4, 0.5) is 0 Å². The molecule has 0 bridgehead atoms. The molecule has 44 heavy (non-hydrogen) atoms. The lowest BCUT2D eigenvalue weighted by Crippen LogP contribution is -2.44. The molecule has 6 heteroatoms. The number of carbonyl (C=O) groups excluding carboxylic acids is 1. The molecular formula is C38H46O6. The fourth-order valence-corrected chi connectivity index (χ4v) is 8.09. The van der Waals surface area contributed by atoms with E-state index in [1.54, 1.807) is 14.2 Å². The second kappa shape index (κ2) is 11.7. The van der Waals surface area contributed by atoms with E-state index in [1.807, 2.05) is 12.1 Å². The van der Waals surface area contributed by atoms with Crippen LogP contribution >= 0.6 is 0 Å². The van der Waals surface area contributed by atoms with Crippen LogP contribution in [0, 0.1) is 23.7 Å². The Kier molecular flexibility index (Phi) is 8.06. The summed E-state index contributed by atoms with van der Waals surface area (Å²) in [6, 6.07) is 18.8. The van der Waals surface area contributed by atoms with Crippen LogP contribution in [-0.2, 0) is 14.9 Å². The number of benzene rings is 3. The largest absolute Gasteiger partial charge is 0.508 e. The topological polar surface area (TPSA) is 74.2 Å². The number of esters is 1. The van der Waals surface area contributed by atoms with E-state index in [0.29, 0.717) is 35.2 Å². The highest BCUT2D eigenvalue weighted by atomic mass is 16.5. The van der Waals surface area contributed by atoms with Crippen LogP contribution in [0.3, 0.4) is 0 Å². The van der Waals surface area contributed by atoms with Crippen LogP contribution in [0.25, 0.3) is 10.8 Å². The molecule has 0 spiro atoms. The van der Waals surface area contributed by atoms with Crippen LogP contribution in [0.15, 0.2) is 65.9 Å². The van der Waals surface area contributed by atoms with Gasteiger partial charge in [0.2, 0.25) is 0 Å². The second-order valence-electron chi connectivity index (χ2n) is 14.0. The van der Waals surface area contributed by atoms with Gasteiger partial charge < -0.3 is 24.1 Å². The maximum absolute atomic E-state index is 14.1. The molecule has 3 aliphatic rings. The molecule has 0 radical (unpaired) electrons. The lowest BCUT2D eigenvalue weighted by Gasteiger charge is -2.44. The van der Waals surface area contributed by atoms with Gasteiger partial charge in [-0.3, -0.25) is 0 Å². The van der Waals surface area contributed by atoms with Gasteiger partial charge in [0.1, 0.15) is 29.1 Å². The van der Waals surface area contributed by atoms with Gasteiger partial charge in [0.05, 0.1) is 19.8 Å². The zero-order valence-corrected chi connectivity index (χ0v) is 27.1. The van der Waals surface area contributed by atoms with Gasteiger partial charge in [0.15, 0.2) is 6.10 Å². The third-order valence-electron chi connectivity index (χ3n) is 10.8. The van der Waals surface area contributed by atoms with E-state index < -0.39 is 12.1 Å². The Morgan fingerprint density at radius 2 is 1.75 bits per heavy atom. The molecule has 1 heterocycles. The molecule has 3 aromatic carbocycles. The second-order valence-corrected chi connectivity index (χ2v) is 14.0. The molecule has 1 saturated carbocycles. The SMILES string of the molecule is COc1cc(OC)c2c(c1)O[C@H]1C(O)=C(C(=O)O[C@@H]3C[C@H](C)CC[C@H]3C(C)(C)c3ccc4ccccc4c3)C[C@H](C(C)C)[C@@H]21. The first-order valence-electron chi connectivity index (χ1n) is 16.1. The van der Waals surface area contributed by atoms with Gasteiger partial charge in [-0.25, -0.2) is 4.79 Å². The number of rotatable bonds is 7. The van der Waals surface area contributed by atoms with E-state index in [1.165, 1.54) is 16.3 Å². The lowest BCUT2D eigenvalue weighted by atomic mass is 9.64. The van der Waals surface area contributed by atoms with Crippen molar-refractivity contribution in [2.75, 3.05) is 14.2 Å². The van der Waals surface area contributed by atoms with Gasteiger partial charge in [-0.15, -0.1) is 0 Å². The van der Waals surface area contributed by atoms with E-state index >= 15 is 0 Å². The maximum atomic E-state index is 14.1. The highest BCUT2D eigenvalue weighted by molar-refractivity contribution is 5.90. The van der Waals surface area contributed by atoms with E-state index in [2.05, 4.69) is 77.1 Å². The summed E-state index contributed by atoms with van der Waals surface area (Å²) in [5, 5.41) is 14.1. The van der Waals surface area contributed by atoms with Crippen molar-refractivity contribution in [1.29, 1.82) is 0 Å². The van der Waals surface area contributed by atoms with E-state index in [9.17, 15) is 9.90 Å². The molecule has 1 aliphatic heterocycles. The monoisotopic (exact) mass is 598 g/mol. The minimum Gasteiger partial charge on any atom is -0.508 e. The van der Waals surface area contributed by atoms with Gasteiger partial charge in [-0.2, -0.15) is 0 Å². The Morgan fingerprint density at radius 3 is 2.45 bits per heavy atom. The predicted molar refractivity (Wildman–Crippen MR) is 173 cm³/mol. The third-order valence-corrected chi connectivity index (χ3v) is 10.8. The number of methoxy groups -OCH3 is 2. The van der Waals surface area contributed by atoms with Crippen LogP contribution in [0.1, 0.15) is 77.3 Å². The van der Waals surface area contributed by atoms with Crippen molar-refractivity contribution in [2.24, 2.45) is 23.7 Å².